The van der Waals surface area contributed by atoms with E-state index in [1.54, 1.807) is 19.1 Å². The average Bonchev–Trinajstić information content (AvgIpc) is 2.54. The van der Waals surface area contributed by atoms with Gasteiger partial charge < -0.3 is 15.8 Å². The normalized spacial score (nSPS) is 10.2. The van der Waals surface area contributed by atoms with Gasteiger partial charge in [0.1, 0.15) is 0 Å². The molecule has 0 saturated carbocycles. The Morgan fingerprint density at radius 3 is 2.40 bits per heavy atom. The van der Waals surface area contributed by atoms with Crippen molar-refractivity contribution in [1.29, 1.82) is 0 Å². The highest BCUT2D eigenvalue weighted by molar-refractivity contribution is 7.80. The molecule has 25 heavy (non-hydrogen) atoms. The number of carbonyl (C=O) groups is 1. The number of hydrogen-bond donors (Lipinski definition) is 3. The third-order valence-corrected chi connectivity index (χ3v) is 4.09. The summed E-state index contributed by atoms with van der Waals surface area (Å²) in [6.45, 7) is 1.97. The molecule has 0 radical (unpaired) electrons. The van der Waals surface area contributed by atoms with E-state index in [0.29, 0.717) is 27.8 Å². The van der Waals surface area contributed by atoms with Crippen LogP contribution < -0.4 is 16.4 Å². The lowest BCUT2D eigenvalue weighted by atomic mass is 10.0. The maximum atomic E-state index is 11.3. The largest absolute Gasteiger partial charge is 0.450 e. The van der Waals surface area contributed by atoms with Gasteiger partial charge in [-0.3, -0.25) is 5.32 Å². The van der Waals surface area contributed by atoms with Crippen molar-refractivity contribution in [2.75, 3.05) is 17.7 Å². The number of benzene rings is 2. The highest BCUT2D eigenvalue weighted by atomic mass is 35.5. The summed E-state index contributed by atoms with van der Waals surface area (Å²) < 4.78 is 4.75. The number of alkyl carbamates (subject to hydrolysis) is 1. The zero-order valence-electron chi connectivity index (χ0n) is 13.4. The number of anilines is 2. The summed E-state index contributed by atoms with van der Waals surface area (Å²) in [4.78, 5) is 11.3. The van der Waals surface area contributed by atoms with Crippen molar-refractivity contribution in [3.05, 3.63) is 57.6 Å². The first-order chi connectivity index (χ1) is 11.9. The van der Waals surface area contributed by atoms with Crippen molar-refractivity contribution in [3.8, 4) is 0 Å². The number of amides is 1. The Labute approximate surface area is 161 Å². The fraction of sp³-hybridized carbons (Fsp3) is 0.176. The second-order valence-electron chi connectivity index (χ2n) is 5.15. The number of nitrogens with one attached hydrogen (secondary N) is 2. The van der Waals surface area contributed by atoms with Crippen LogP contribution >= 0.6 is 35.4 Å². The van der Waals surface area contributed by atoms with E-state index < -0.39 is 6.09 Å². The minimum Gasteiger partial charge on any atom is -0.450 e. The summed E-state index contributed by atoms with van der Waals surface area (Å²) in [5, 5.41) is 6.37. The lowest BCUT2D eigenvalue weighted by Crippen LogP contribution is -2.34. The third-order valence-electron chi connectivity index (χ3n) is 3.25. The first-order valence-corrected chi connectivity index (χ1v) is 8.62. The number of carbonyl (C=O) groups excluding carboxylic acids is 1. The Bertz CT molecular complexity index is 799. The van der Waals surface area contributed by atoms with E-state index in [-0.39, 0.29) is 11.7 Å². The third kappa shape index (κ3) is 5.77. The molecule has 0 saturated heterocycles. The molecule has 0 atom stereocenters. The Morgan fingerprint density at radius 1 is 1.16 bits per heavy atom. The lowest BCUT2D eigenvalue weighted by molar-refractivity contribution is 0.158. The van der Waals surface area contributed by atoms with Gasteiger partial charge in [-0.25, -0.2) is 4.79 Å². The van der Waals surface area contributed by atoms with Crippen LogP contribution in [0.1, 0.15) is 18.1 Å². The van der Waals surface area contributed by atoms with E-state index in [1.165, 1.54) is 0 Å². The molecule has 2 aromatic rings. The van der Waals surface area contributed by atoms with Gasteiger partial charge in [-0.2, -0.15) is 0 Å². The second-order valence-corrected chi connectivity index (χ2v) is 6.37. The predicted octanol–water partition coefficient (Wildman–Crippen LogP) is 4.61. The molecule has 0 aromatic heterocycles. The van der Waals surface area contributed by atoms with Gasteiger partial charge in [0.05, 0.1) is 28.0 Å². The van der Waals surface area contributed by atoms with E-state index in [2.05, 4.69) is 10.6 Å². The number of rotatable bonds is 4. The van der Waals surface area contributed by atoms with Crippen LogP contribution in [-0.4, -0.2) is 17.8 Å². The van der Waals surface area contributed by atoms with Gasteiger partial charge in [0, 0.05) is 0 Å². The van der Waals surface area contributed by atoms with Crippen LogP contribution in [0.3, 0.4) is 0 Å². The lowest BCUT2D eigenvalue weighted by Gasteiger charge is -2.12. The van der Waals surface area contributed by atoms with Crippen LogP contribution in [0.2, 0.25) is 10.0 Å². The predicted molar refractivity (Wildman–Crippen MR) is 107 cm³/mol. The monoisotopic (exact) mass is 397 g/mol. The molecule has 0 fully saturated rings. The Kier molecular flexibility index (Phi) is 6.87. The van der Waals surface area contributed by atoms with Crippen molar-refractivity contribution >= 4 is 58.0 Å². The summed E-state index contributed by atoms with van der Waals surface area (Å²) in [5.74, 6) is 0. The highest BCUT2D eigenvalue weighted by Gasteiger charge is 2.08. The number of hydrogen-bond acceptors (Lipinski definition) is 4. The molecular formula is C17H17Cl2N3O2S. The van der Waals surface area contributed by atoms with Gasteiger partial charge in [0.2, 0.25) is 0 Å². The molecule has 2 aromatic carbocycles. The topological polar surface area (TPSA) is 76.4 Å². The smallest absolute Gasteiger partial charge is 0.413 e. The standard InChI is InChI=1S/C17H17Cl2N3O2S/c1-2-24-17(23)22-16(25)21-15-6-4-11(9-13(15)19)7-10-3-5-14(20)12(18)8-10/h3-6,8-9H,2,7,20H2,1H3,(H2,21,22,23,25). The molecule has 4 N–H and O–H groups in total. The van der Waals surface area contributed by atoms with Crippen LogP contribution in [0, 0.1) is 0 Å². The van der Waals surface area contributed by atoms with Crippen LogP contribution in [0.4, 0.5) is 16.2 Å². The van der Waals surface area contributed by atoms with E-state index >= 15 is 0 Å². The van der Waals surface area contributed by atoms with E-state index in [9.17, 15) is 4.79 Å². The maximum Gasteiger partial charge on any atom is 0.413 e. The number of nitrogen functional groups attached to an aromatic ring is 1. The number of thiocarbonyl (C=S) groups is 1. The van der Waals surface area contributed by atoms with Gasteiger partial charge >= 0.3 is 6.09 Å². The van der Waals surface area contributed by atoms with Crippen LogP contribution in [0.5, 0.6) is 0 Å². The molecule has 1 amide bonds. The van der Waals surface area contributed by atoms with Gasteiger partial charge in [-0.05, 0) is 61.0 Å². The summed E-state index contributed by atoms with van der Waals surface area (Å²) >= 11 is 17.4. The van der Waals surface area contributed by atoms with Gasteiger partial charge in [0.15, 0.2) is 5.11 Å². The van der Waals surface area contributed by atoms with Crippen molar-refractivity contribution in [2.24, 2.45) is 0 Å². The Hall–Kier alpha value is -2.02. The van der Waals surface area contributed by atoms with Crippen molar-refractivity contribution < 1.29 is 9.53 Å². The van der Waals surface area contributed by atoms with Crippen molar-refractivity contribution in [2.45, 2.75) is 13.3 Å². The van der Waals surface area contributed by atoms with Gasteiger partial charge in [-0.15, -0.1) is 0 Å². The fourth-order valence-corrected chi connectivity index (χ4v) is 2.75. The Balaban J connectivity index is 2.03. The second kappa shape index (κ2) is 8.89. The fourth-order valence-electron chi connectivity index (χ4n) is 2.10. The molecule has 0 unspecified atom stereocenters. The van der Waals surface area contributed by atoms with Gasteiger partial charge in [0.25, 0.3) is 0 Å². The quantitative estimate of drug-likeness (QED) is 0.518. The molecule has 132 valence electrons. The van der Waals surface area contributed by atoms with E-state index in [0.717, 1.165) is 11.1 Å². The van der Waals surface area contributed by atoms with Crippen LogP contribution in [-0.2, 0) is 11.2 Å². The first-order valence-electron chi connectivity index (χ1n) is 7.46. The molecule has 0 heterocycles. The molecule has 0 aliphatic carbocycles. The molecule has 0 bridgehead atoms. The minimum atomic E-state index is -0.618. The summed E-state index contributed by atoms with van der Waals surface area (Å²) in [6.07, 6.45) is 0.0406. The summed E-state index contributed by atoms with van der Waals surface area (Å²) in [6, 6.07) is 11.0. The number of halogens is 2. The first kappa shape index (κ1) is 19.3. The van der Waals surface area contributed by atoms with E-state index in [1.807, 2.05) is 24.3 Å². The minimum absolute atomic E-state index is 0.110. The highest BCUT2D eigenvalue weighted by Crippen LogP contribution is 2.26. The van der Waals surface area contributed by atoms with Crippen molar-refractivity contribution in [1.82, 2.24) is 5.32 Å². The van der Waals surface area contributed by atoms with Crippen LogP contribution in [0.15, 0.2) is 36.4 Å². The molecule has 8 heteroatoms. The number of ether oxygens (including phenoxy) is 1. The SMILES string of the molecule is CCOC(=O)NC(=S)Nc1ccc(Cc2ccc(N)c(Cl)c2)cc1Cl. The van der Waals surface area contributed by atoms with Gasteiger partial charge in [-0.1, -0.05) is 35.3 Å². The molecule has 5 nitrogen and oxygen atoms in total. The molecular weight excluding hydrogens is 381 g/mol. The maximum absolute atomic E-state index is 11.3. The summed E-state index contributed by atoms with van der Waals surface area (Å²) in [7, 11) is 0. The summed E-state index contributed by atoms with van der Waals surface area (Å²) in [5.41, 5.74) is 8.87. The zero-order chi connectivity index (χ0) is 18.4. The molecule has 0 aliphatic rings. The molecule has 0 aliphatic heterocycles. The zero-order valence-corrected chi connectivity index (χ0v) is 15.8. The van der Waals surface area contributed by atoms with E-state index in [4.69, 9.17) is 45.9 Å². The molecule has 2 rings (SSSR count). The average molecular weight is 398 g/mol. The van der Waals surface area contributed by atoms with Crippen molar-refractivity contribution in [3.63, 3.8) is 0 Å². The Morgan fingerprint density at radius 2 is 1.80 bits per heavy atom. The number of nitrogens with two attached hydrogens (primary N) is 1. The van der Waals surface area contributed by atoms with Crippen LogP contribution in [0.25, 0.3) is 0 Å². The molecule has 0 spiro atoms.